The number of aryl methyl sites for hydroxylation is 1. The lowest BCUT2D eigenvalue weighted by Crippen LogP contribution is -2.43. The average Bonchev–Trinajstić information content (AvgIpc) is 2.97. The number of alkyl carbamates (subject to hydrolysis) is 1. The zero-order valence-corrected chi connectivity index (χ0v) is 16.3. The van der Waals surface area contributed by atoms with Crippen LogP contribution in [0.2, 0.25) is 0 Å². The highest BCUT2D eigenvalue weighted by molar-refractivity contribution is 5.96. The van der Waals surface area contributed by atoms with E-state index < -0.39 is 17.7 Å². The maximum atomic E-state index is 12.2. The number of nitrogens with zero attached hydrogens (tertiary/aromatic N) is 2. The summed E-state index contributed by atoms with van der Waals surface area (Å²) in [6.45, 7) is 7.22. The Hall–Kier alpha value is -3.03. The van der Waals surface area contributed by atoms with Crippen LogP contribution >= 0.6 is 0 Å². The van der Waals surface area contributed by atoms with Crippen molar-refractivity contribution < 1.29 is 19.1 Å². The van der Waals surface area contributed by atoms with Crippen molar-refractivity contribution in [3.05, 3.63) is 42.5 Å². The van der Waals surface area contributed by atoms with Gasteiger partial charge < -0.3 is 24.7 Å². The van der Waals surface area contributed by atoms with Crippen molar-refractivity contribution in [2.45, 2.75) is 45.9 Å². The van der Waals surface area contributed by atoms with Crippen molar-refractivity contribution in [2.24, 2.45) is 7.05 Å². The summed E-state index contributed by atoms with van der Waals surface area (Å²) in [5.41, 5.74) is -0.0208. The highest BCUT2D eigenvalue weighted by atomic mass is 16.6. The van der Waals surface area contributed by atoms with Crippen LogP contribution in [-0.2, 0) is 23.2 Å². The van der Waals surface area contributed by atoms with Crippen molar-refractivity contribution in [3.8, 4) is 5.75 Å². The van der Waals surface area contributed by atoms with E-state index in [2.05, 4.69) is 15.6 Å². The molecule has 0 aliphatic carbocycles. The first kappa shape index (κ1) is 20.3. The zero-order chi connectivity index (χ0) is 20.0. The summed E-state index contributed by atoms with van der Waals surface area (Å²) in [6.07, 6.45) is 2.93. The maximum absolute atomic E-state index is 12.2. The zero-order valence-electron chi connectivity index (χ0n) is 16.3. The van der Waals surface area contributed by atoms with E-state index in [1.54, 1.807) is 58.2 Å². The molecule has 1 heterocycles. The van der Waals surface area contributed by atoms with E-state index in [0.717, 1.165) is 5.82 Å². The number of aromatic nitrogens is 2. The van der Waals surface area contributed by atoms with E-state index >= 15 is 0 Å². The van der Waals surface area contributed by atoms with Gasteiger partial charge >= 0.3 is 6.09 Å². The number of hydrogen-bond donors (Lipinski definition) is 2. The van der Waals surface area contributed by atoms with Crippen LogP contribution in [0.3, 0.4) is 0 Å². The first-order valence-electron chi connectivity index (χ1n) is 8.63. The minimum absolute atomic E-state index is 0.345. The minimum atomic E-state index is -0.737. The molecule has 27 heavy (non-hydrogen) atoms. The summed E-state index contributed by atoms with van der Waals surface area (Å²) in [7, 11) is 1.90. The fourth-order valence-corrected chi connectivity index (χ4v) is 2.12. The second-order valence-electron chi connectivity index (χ2n) is 7.12. The standard InChI is InChI=1S/C19H26N4O4/c1-13(21-18(25)27-19(2,3)4)17(24)22-14-6-8-15(9-7-14)26-12-16-20-10-11-23(16)5/h6-11,13H,12H2,1-5H3,(H,21,25)(H,22,24)/t13-/m1/s1. The number of rotatable bonds is 6. The van der Waals surface area contributed by atoms with Crippen LogP contribution in [0.4, 0.5) is 10.5 Å². The molecule has 0 aliphatic rings. The Morgan fingerprint density at radius 1 is 1.22 bits per heavy atom. The predicted molar refractivity (Wildman–Crippen MR) is 101 cm³/mol. The van der Waals surface area contributed by atoms with Crippen molar-refractivity contribution in [1.82, 2.24) is 14.9 Å². The number of hydrogen-bond acceptors (Lipinski definition) is 5. The topological polar surface area (TPSA) is 94.5 Å². The quantitative estimate of drug-likeness (QED) is 0.811. The third-order valence-corrected chi connectivity index (χ3v) is 3.54. The monoisotopic (exact) mass is 374 g/mol. The average molecular weight is 374 g/mol. The molecule has 0 saturated heterocycles. The highest BCUT2D eigenvalue weighted by Gasteiger charge is 2.21. The lowest BCUT2D eigenvalue weighted by atomic mass is 10.2. The summed E-state index contributed by atoms with van der Waals surface area (Å²) in [5.74, 6) is 1.13. The van der Waals surface area contributed by atoms with E-state index in [1.807, 2.05) is 17.8 Å². The van der Waals surface area contributed by atoms with Crippen molar-refractivity contribution in [2.75, 3.05) is 5.32 Å². The summed E-state index contributed by atoms with van der Waals surface area (Å²) in [6, 6.07) is 6.23. The predicted octanol–water partition coefficient (Wildman–Crippen LogP) is 2.85. The molecule has 146 valence electrons. The van der Waals surface area contributed by atoms with E-state index in [4.69, 9.17) is 9.47 Å². The number of carbonyl (C=O) groups is 2. The van der Waals surface area contributed by atoms with E-state index in [1.165, 1.54) is 0 Å². The van der Waals surface area contributed by atoms with Crippen molar-refractivity contribution in [1.29, 1.82) is 0 Å². The normalized spacial score (nSPS) is 12.2. The molecule has 0 spiro atoms. The molecule has 1 aromatic heterocycles. The summed E-state index contributed by atoms with van der Waals surface area (Å²) in [5, 5.41) is 5.24. The molecule has 1 aromatic carbocycles. The van der Waals surface area contributed by atoms with Crippen LogP contribution in [0, 0.1) is 0 Å². The van der Waals surface area contributed by atoms with Gasteiger partial charge in [0.2, 0.25) is 5.91 Å². The van der Waals surface area contributed by atoms with E-state index in [0.29, 0.717) is 18.0 Å². The van der Waals surface area contributed by atoms with Crippen LogP contribution in [0.15, 0.2) is 36.7 Å². The molecule has 0 aliphatic heterocycles. The molecule has 0 saturated carbocycles. The van der Waals surface area contributed by atoms with E-state index in [9.17, 15) is 9.59 Å². The van der Waals surface area contributed by atoms with Gasteiger partial charge in [-0.3, -0.25) is 4.79 Å². The van der Waals surface area contributed by atoms with Crippen LogP contribution in [0.25, 0.3) is 0 Å². The number of anilines is 1. The Labute approximate surface area is 158 Å². The Bertz CT molecular complexity index is 778. The van der Waals surface area contributed by atoms with Gasteiger partial charge in [-0.05, 0) is 52.0 Å². The first-order valence-corrected chi connectivity index (χ1v) is 8.63. The van der Waals surface area contributed by atoms with Gasteiger partial charge in [0.1, 0.15) is 29.8 Å². The Morgan fingerprint density at radius 3 is 2.44 bits per heavy atom. The fraction of sp³-hybridized carbons (Fsp3) is 0.421. The second-order valence-corrected chi connectivity index (χ2v) is 7.12. The number of ether oxygens (including phenoxy) is 2. The molecule has 2 amide bonds. The molecule has 2 aromatic rings. The van der Waals surface area contributed by atoms with Crippen LogP contribution in [0.1, 0.15) is 33.5 Å². The number of nitrogens with one attached hydrogen (secondary N) is 2. The molecule has 8 nitrogen and oxygen atoms in total. The molecule has 1 atom stereocenters. The summed E-state index contributed by atoms with van der Waals surface area (Å²) in [4.78, 5) is 28.1. The van der Waals surface area contributed by atoms with Crippen LogP contribution in [-0.4, -0.2) is 33.2 Å². The molecule has 0 radical (unpaired) electrons. The molecule has 0 unspecified atom stereocenters. The van der Waals surface area contributed by atoms with Crippen molar-refractivity contribution in [3.63, 3.8) is 0 Å². The van der Waals surface area contributed by atoms with Gasteiger partial charge in [0.25, 0.3) is 0 Å². The van der Waals surface area contributed by atoms with Gasteiger partial charge in [0.15, 0.2) is 0 Å². The Morgan fingerprint density at radius 2 is 1.89 bits per heavy atom. The molecule has 2 rings (SSSR count). The Balaban J connectivity index is 1.83. The van der Waals surface area contributed by atoms with Gasteiger partial charge in [0, 0.05) is 25.1 Å². The number of benzene rings is 1. The smallest absolute Gasteiger partial charge is 0.408 e. The lowest BCUT2D eigenvalue weighted by Gasteiger charge is -2.21. The largest absolute Gasteiger partial charge is 0.486 e. The van der Waals surface area contributed by atoms with Gasteiger partial charge in [-0.1, -0.05) is 0 Å². The van der Waals surface area contributed by atoms with Gasteiger partial charge in [-0.15, -0.1) is 0 Å². The molecule has 8 heteroatoms. The Kier molecular flexibility index (Phi) is 6.44. The molecule has 2 N–H and O–H groups in total. The molecule has 0 bridgehead atoms. The summed E-state index contributed by atoms with van der Waals surface area (Å²) < 4.78 is 12.7. The molecular weight excluding hydrogens is 348 g/mol. The fourth-order valence-electron chi connectivity index (χ4n) is 2.12. The van der Waals surface area contributed by atoms with E-state index in [-0.39, 0.29) is 5.91 Å². The van der Waals surface area contributed by atoms with Gasteiger partial charge in [-0.25, -0.2) is 9.78 Å². The highest BCUT2D eigenvalue weighted by Crippen LogP contribution is 2.17. The number of amides is 2. The second kappa shape index (κ2) is 8.57. The first-order chi connectivity index (χ1) is 12.6. The third-order valence-electron chi connectivity index (χ3n) is 3.54. The van der Waals surface area contributed by atoms with Gasteiger partial charge in [-0.2, -0.15) is 0 Å². The van der Waals surface area contributed by atoms with Crippen LogP contribution in [0.5, 0.6) is 5.75 Å². The van der Waals surface area contributed by atoms with Crippen molar-refractivity contribution >= 4 is 17.7 Å². The third kappa shape index (κ3) is 6.65. The minimum Gasteiger partial charge on any atom is -0.486 e. The lowest BCUT2D eigenvalue weighted by molar-refractivity contribution is -0.117. The van der Waals surface area contributed by atoms with Gasteiger partial charge in [0.05, 0.1) is 0 Å². The number of imidazole rings is 1. The van der Waals surface area contributed by atoms with Crippen LogP contribution < -0.4 is 15.4 Å². The SMILES string of the molecule is C[C@@H](NC(=O)OC(C)(C)C)C(=O)Nc1ccc(OCc2nccn2C)cc1. The number of carbonyl (C=O) groups excluding carboxylic acids is 2. The maximum Gasteiger partial charge on any atom is 0.408 e. The molecular formula is C19H26N4O4. The molecule has 0 fully saturated rings. The summed E-state index contributed by atoms with van der Waals surface area (Å²) >= 11 is 0.